The number of aliphatic hydroxyl groups is 1. The molecule has 0 unspecified atom stereocenters. The third kappa shape index (κ3) is 1.28. The van der Waals surface area contributed by atoms with Crippen molar-refractivity contribution in [3.05, 3.63) is 35.4 Å². The van der Waals surface area contributed by atoms with Gasteiger partial charge in [-0.05, 0) is 38.1 Å². The molecule has 2 aliphatic heterocycles. The number of ether oxygens (including phenoxy) is 2. The molecule has 22 heavy (non-hydrogen) atoms. The Kier molecular flexibility index (Phi) is 2.21. The van der Waals surface area contributed by atoms with E-state index < -0.39 is 6.10 Å². The number of nitrogens with zero attached hydrogens (tertiary/aromatic N) is 1. The van der Waals surface area contributed by atoms with E-state index in [1.54, 1.807) is 13.2 Å². The molecule has 2 heterocycles. The predicted octanol–water partition coefficient (Wildman–Crippen LogP) is 1.50. The van der Waals surface area contributed by atoms with Gasteiger partial charge in [0.2, 0.25) is 0 Å². The molecule has 1 saturated heterocycles. The van der Waals surface area contributed by atoms with Crippen molar-refractivity contribution >= 4 is 0 Å². The first-order chi connectivity index (χ1) is 11.1. The SMILES string of the molecule is [2H]c1cc(OC)c2c3c1C[C@@H]1[C@@H]4C=C[C@H](O)[C@H](O2)[C@]34CCN1C. The van der Waals surface area contributed by atoms with Gasteiger partial charge >= 0.3 is 0 Å². The lowest BCUT2D eigenvalue weighted by molar-refractivity contribution is -0.0453. The molecule has 4 heteroatoms. The summed E-state index contributed by atoms with van der Waals surface area (Å²) >= 11 is 0. The second kappa shape index (κ2) is 4.06. The smallest absolute Gasteiger partial charge is 0.165 e. The van der Waals surface area contributed by atoms with E-state index in [9.17, 15) is 5.11 Å². The van der Waals surface area contributed by atoms with Crippen LogP contribution in [-0.2, 0) is 11.8 Å². The van der Waals surface area contributed by atoms with Crippen LogP contribution in [0.3, 0.4) is 0 Å². The van der Waals surface area contributed by atoms with Gasteiger partial charge in [0.1, 0.15) is 12.2 Å². The van der Waals surface area contributed by atoms with Gasteiger partial charge in [-0.3, -0.25) is 0 Å². The fourth-order valence-electron chi connectivity index (χ4n) is 5.28. The quantitative estimate of drug-likeness (QED) is 0.798. The van der Waals surface area contributed by atoms with E-state index in [1.807, 2.05) is 6.08 Å². The van der Waals surface area contributed by atoms with Gasteiger partial charge in [-0.25, -0.2) is 0 Å². The van der Waals surface area contributed by atoms with Crippen LogP contribution in [0.5, 0.6) is 11.5 Å². The molecular formula is C18H21NO3. The molecule has 2 aliphatic carbocycles. The molecule has 0 amide bonds. The van der Waals surface area contributed by atoms with Crippen molar-refractivity contribution in [3.63, 3.8) is 0 Å². The fourth-order valence-corrected chi connectivity index (χ4v) is 5.28. The summed E-state index contributed by atoms with van der Waals surface area (Å²) in [4.78, 5) is 2.40. The number of hydrogen-bond acceptors (Lipinski definition) is 4. The van der Waals surface area contributed by atoms with Crippen LogP contribution in [0.25, 0.3) is 0 Å². The fraction of sp³-hybridized carbons (Fsp3) is 0.556. The van der Waals surface area contributed by atoms with Gasteiger partial charge in [0.15, 0.2) is 11.5 Å². The van der Waals surface area contributed by atoms with Gasteiger partial charge in [0, 0.05) is 22.9 Å². The highest BCUT2D eigenvalue weighted by Crippen LogP contribution is 2.62. The summed E-state index contributed by atoms with van der Waals surface area (Å²) in [7, 11) is 3.79. The van der Waals surface area contributed by atoms with Crippen LogP contribution in [0.2, 0.25) is 0 Å². The number of likely N-dealkylation sites (N-methyl/N-ethyl adjacent to an activating group) is 1. The first kappa shape index (κ1) is 12.0. The summed E-state index contributed by atoms with van der Waals surface area (Å²) in [6, 6.07) is 2.67. The second-order valence-electron chi connectivity index (χ2n) is 7.02. The molecule has 5 atom stereocenters. The van der Waals surface area contributed by atoms with Crippen molar-refractivity contribution in [2.45, 2.75) is 36.5 Å². The van der Waals surface area contributed by atoms with Crippen LogP contribution in [0.4, 0.5) is 0 Å². The minimum absolute atomic E-state index is 0.210. The van der Waals surface area contributed by atoms with Crippen molar-refractivity contribution in [1.82, 2.24) is 4.90 Å². The van der Waals surface area contributed by atoms with E-state index in [2.05, 4.69) is 18.0 Å². The third-order valence-electron chi connectivity index (χ3n) is 6.26. The summed E-state index contributed by atoms with van der Waals surface area (Å²) in [5.74, 6) is 1.72. The van der Waals surface area contributed by atoms with E-state index in [0.29, 0.717) is 23.8 Å². The zero-order valence-corrected chi connectivity index (χ0v) is 12.9. The maximum atomic E-state index is 10.6. The van der Waals surface area contributed by atoms with Crippen LogP contribution in [0.1, 0.15) is 18.9 Å². The highest BCUT2D eigenvalue weighted by molar-refractivity contribution is 5.62. The van der Waals surface area contributed by atoms with Crippen molar-refractivity contribution in [1.29, 1.82) is 0 Å². The van der Waals surface area contributed by atoms with Crippen molar-refractivity contribution in [2.75, 3.05) is 20.7 Å². The molecule has 4 aliphatic rings. The number of rotatable bonds is 1. The molecule has 1 aromatic carbocycles. The van der Waals surface area contributed by atoms with Gasteiger partial charge < -0.3 is 19.5 Å². The number of benzene rings is 1. The molecule has 0 aromatic heterocycles. The number of aliphatic hydroxyl groups excluding tert-OH is 1. The van der Waals surface area contributed by atoms with Crippen molar-refractivity contribution in [3.8, 4) is 11.5 Å². The Morgan fingerprint density at radius 2 is 2.36 bits per heavy atom. The van der Waals surface area contributed by atoms with Gasteiger partial charge in [0.25, 0.3) is 0 Å². The van der Waals surface area contributed by atoms with Crippen molar-refractivity contribution in [2.24, 2.45) is 5.92 Å². The molecular weight excluding hydrogens is 278 g/mol. The lowest BCUT2D eigenvalue weighted by Crippen LogP contribution is -2.64. The Hall–Kier alpha value is -1.52. The average molecular weight is 300 g/mol. The lowest BCUT2D eigenvalue weighted by Gasteiger charge is -2.56. The summed E-state index contributed by atoms with van der Waals surface area (Å²) in [6.45, 7) is 0.991. The average Bonchev–Trinajstić information content (AvgIpc) is 2.89. The molecule has 1 aromatic rings. The van der Waals surface area contributed by atoms with Gasteiger partial charge in [0.05, 0.1) is 8.48 Å². The van der Waals surface area contributed by atoms with Gasteiger partial charge in [-0.2, -0.15) is 0 Å². The first-order valence-electron chi connectivity index (χ1n) is 8.52. The van der Waals surface area contributed by atoms with E-state index >= 15 is 0 Å². The lowest BCUT2D eigenvalue weighted by atomic mass is 9.53. The van der Waals surface area contributed by atoms with Crippen LogP contribution in [0, 0.1) is 5.92 Å². The van der Waals surface area contributed by atoms with E-state index in [0.717, 1.165) is 36.3 Å². The molecule has 1 fully saturated rings. The standard InChI is InChI=1S/C18H21NO3/c1-19-8-7-18-11-4-5-13(20)17(18)22-16-14(21-2)6-3-10(15(16)18)9-12(11)19/h3-6,11-13,17,20H,7-9H2,1-2H3/t11-,12+,13-,17-,18-/m0/s1/i3D. The zero-order chi connectivity index (χ0) is 15.9. The monoisotopic (exact) mass is 300 g/mol. The van der Waals surface area contributed by atoms with Crippen LogP contribution < -0.4 is 9.47 Å². The Morgan fingerprint density at radius 1 is 1.50 bits per heavy atom. The molecule has 5 rings (SSSR count). The molecule has 1 N–H and O–H groups in total. The van der Waals surface area contributed by atoms with E-state index in [1.165, 1.54) is 0 Å². The zero-order valence-electron chi connectivity index (χ0n) is 13.9. The highest BCUT2D eigenvalue weighted by atomic mass is 16.5. The van der Waals surface area contributed by atoms with Crippen LogP contribution in [-0.4, -0.2) is 49.0 Å². The Labute approximate surface area is 131 Å². The van der Waals surface area contributed by atoms with Crippen molar-refractivity contribution < 1.29 is 16.0 Å². The minimum Gasteiger partial charge on any atom is -0.493 e. The summed E-state index contributed by atoms with van der Waals surface area (Å²) in [5, 5.41) is 10.6. The van der Waals surface area contributed by atoms with E-state index in [-0.39, 0.29) is 11.5 Å². The van der Waals surface area contributed by atoms with E-state index in [4.69, 9.17) is 10.8 Å². The van der Waals surface area contributed by atoms with Gasteiger partial charge in [-0.1, -0.05) is 18.2 Å². The normalized spacial score (nSPS) is 41.7. The molecule has 0 radical (unpaired) electrons. The molecule has 0 saturated carbocycles. The van der Waals surface area contributed by atoms with Gasteiger partial charge in [-0.15, -0.1) is 0 Å². The Balaban J connectivity index is 1.85. The topological polar surface area (TPSA) is 41.9 Å². The largest absolute Gasteiger partial charge is 0.493 e. The highest BCUT2D eigenvalue weighted by Gasteiger charge is 2.64. The summed E-state index contributed by atoms with van der Waals surface area (Å²) < 4.78 is 20.2. The molecule has 2 bridgehead atoms. The Bertz CT molecular complexity index is 733. The number of likely N-dealkylation sites (tertiary alicyclic amines) is 1. The van der Waals surface area contributed by atoms with Crippen LogP contribution >= 0.6 is 0 Å². The number of piperidine rings is 1. The molecule has 1 spiro atoms. The molecule has 116 valence electrons. The third-order valence-corrected chi connectivity index (χ3v) is 6.26. The summed E-state index contributed by atoms with van der Waals surface area (Å²) in [6.07, 6.45) is 5.02. The predicted molar refractivity (Wildman–Crippen MR) is 82.5 cm³/mol. The van der Waals surface area contributed by atoms with Crippen LogP contribution in [0.15, 0.2) is 24.3 Å². The molecule has 4 nitrogen and oxygen atoms in total. The Morgan fingerprint density at radius 3 is 3.18 bits per heavy atom. The summed E-state index contributed by atoms with van der Waals surface area (Å²) in [5.41, 5.74) is 2.02. The first-order valence-corrected chi connectivity index (χ1v) is 8.02. The maximum absolute atomic E-state index is 10.6. The minimum atomic E-state index is -0.604. The number of hydrogen-bond donors (Lipinski definition) is 1. The second-order valence-corrected chi connectivity index (χ2v) is 7.02. The number of methoxy groups -OCH3 is 1. The maximum Gasteiger partial charge on any atom is 0.165 e.